The smallest absolute Gasteiger partial charge is 0.337 e. The summed E-state index contributed by atoms with van der Waals surface area (Å²) in [6, 6.07) is 10.3. The highest BCUT2D eigenvalue weighted by molar-refractivity contribution is 8.00. The zero-order chi connectivity index (χ0) is 19.3. The van der Waals surface area contributed by atoms with Crippen LogP contribution in [0.4, 0.5) is 0 Å². The number of thioether (sulfide) groups is 1. The van der Waals surface area contributed by atoms with Crippen LogP contribution in [0.3, 0.4) is 0 Å². The number of benzene rings is 1. The number of carbonyl (C=O) groups is 1. The Morgan fingerprint density at radius 3 is 2.35 bits per heavy atom. The van der Waals surface area contributed by atoms with E-state index in [4.69, 9.17) is 0 Å². The molecule has 0 aliphatic rings. The van der Waals surface area contributed by atoms with E-state index in [1.54, 1.807) is 4.57 Å². The van der Waals surface area contributed by atoms with Crippen molar-refractivity contribution in [1.82, 2.24) is 19.7 Å². The van der Waals surface area contributed by atoms with Crippen molar-refractivity contribution in [3.8, 4) is 0 Å². The maximum atomic E-state index is 12.8. The van der Waals surface area contributed by atoms with Gasteiger partial charge in [0.05, 0.1) is 5.25 Å². The Morgan fingerprint density at radius 1 is 1.15 bits per heavy atom. The average molecular weight is 377 g/mol. The van der Waals surface area contributed by atoms with Crippen molar-refractivity contribution < 1.29 is 4.79 Å². The highest BCUT2D eigenvalue weighted by Gasteiger charge is 2.27. The number of hydrogen-bond donors (Lipinski definition) is 1. The fourth-order valence-corrected chi connectivity index (χ4v) is 3.94. The first-order valence-electron chi connectivity index (χ1n) is 8.99. The Bertz CT molecular complexity index is 759. The van der Waals surface area contributed by atoms with Crippen molar-refractivity contribution in [2.24, 2.45) is 0 Å². The highest BCUT2D eigenvalue weighted by atomic mass is 32.2. The number of aromatic nitrogens is 3. The first kappa shape index (κ1) is 20.3. The molecule has 1 atom stereocenters. The number of aromatic amines is 1. The maximum absolute atomic E-state index is 12.8. The van der Waals surface area contributed by atoms with Crippen LogP contribution < -0.4 is 5.69 Å². The Hall–Kier alpha value is -2.02. The van der Waals surface area contributed by atoms with Crippen LogP contribution in [0.2, 0.25) is 0 Å². The zero-order valence-electron chi connectivity index (χ0n) is 16.1. The summed E-state index contributed by atoms with van der Waals surface area (Å²) in [7, 11) is 0. The molecule has 0 spiro atoms. The van der Waals surface area contributed by atoms with Crippen LogP contribution in [-0.2, 0) is 17.8 Å². The Morgan fingerprint density at radius 2 is 1.77 bits per heavy atom. The highest BCUT2D eigenvalue weighted by Crippen LogP contribution is 2.23. The van der Waals surface area contributed by atoms with Gasteiger partial charge in [-0.3, -0.25) is 9.36 Å². The predicted molar refractivity (Wildman–Crippen MR) is 105 cm³/mol. The first-order valence-corrected chi connectivity index (χ1v) is 9.87. The van der Waals surface area contributed by atoms with Crippen LogP contribution in [-0.4, -0.2) is 42.9 Å². The molecule has 2 rings (SSSR count). The topological polar surface area (TPSA) is 71.0 Å². The summed E-state index contributed by atoms with van der Waals surface area (Å²) >= 11 is 1.33. The Kier molecular flexibility index (Phi) is 7.08. The van der Waals surface area contributed by atoms with Gasteiger partial charge in [0.1, 0.15) is 0 Å². The predicted octanol–water partition coefficient (Wildman–Crippen LogP) is 2.94. The van der Waals surface area contributed by atoms with Crippen molar-refractivity contribution in [3.05, 3.63) is 46.4 Å². The van der Waals surface area contributed by atoms with E-state index in [1.165, 1.54) is 11.8 Å². The summed E-state index contributed by atoms with van der Waals surface area (Å²) in [6.07, 6.45) is 0.736. The number of nitrogens with one attached hydrogen (secondary N) is 1. The van der Waals surface area contributed by atoms with Crippen LogP contribution >= 0.6 is 11.8 Å². The molecule has 142 valence electrons. The normalized spacial score (nSPS) is 12.6. The lowest BCUT2D eigenvalue weighted by molar-refractivity contribution is -0.133. The second-order valence-corrected chi connectivity index (χ2v) is 8.20. The van der Waals surface area contributed by atoms with Crippen molar-refractivity contribution in [2.45, 2.75) is 70.1 Å². The molecule has 0 radical (unpaired) electrons. The average Bonchev–Trinajstić information content (AvgIpc) is 2.93. The lowest BCUT2D eigenvalue weighted by Gasteiger charge is -2.32. The van der Waals surface area contributed by atoms with E-state index in [9.17, 15) is 9.59 Å². The SMILES string of the molecule is CC(C)N(C(=O)[C@@H](C)Sc1n[nH]c(=O)n1CCc1ccccc1)C(C)C. The molecule has 0 bridgehead atoms. The number of carbonyl (C=O) groups excluding carboxylic acids is 1. The molecule has 0 saturated heterocycles. The second kappa shape index (κ2) is 9.07. The monoisotopic (exact) mass is 376 g/mol. The molecule has 1 aromatic heterocycles. The minimum absolute atomic E-state index is 0.0602. The van der Waals surface area contributed by atoms with Gasteiger partial charge in [0, 0.05) is 18.6 Å². The van der Waals surface area contributed by atoms with E-state index in [2.05, 4.69) is 10.2 Å². The quantitative estimate of drug-likeness (QED) is 0.719. The van der Waals surface area contributed by atoms with E-state index in [1.807, 2.05) is 69.9 Å². The van der Waals surface area contributed by atoms with Crippen LogP contribution in [0.15, 0.2) is 40.3 Å². The van der Waals surface area contributed by atoms with E-state index in [0.29, 0.717) is 11.7 Å². The van der Waals surface area contributed by atoms with E-state index in [-0.39, 0.29) is 28.9 Å². The molecule has 0 fully saturated rings. The number of nitrogens with zero attached hydrogens (tertiary/aromatic N) is 3. The van der Waals surface area contributed by atoms with Gasteiger partial charge in [-0.25, -0.2) is 9.89 Å². The lowest BCUT2D eigenvalue weighted by atomic mass is 10.1. The summed E-state index contributed by atoms with van der Waals surface area (Å²) in [5.41, 5.74) is 0.916. The standard InChI is InChI=1S/C19H28N4O2S/c1-13(2)23(14(3)4)17(24)15(5)26-19-21-20-18(25)22(19)12-11-16-9-7-6-8-10-16/h6-10,13-15H,11-12H2,1-5H3,(H,20,25)/t15-/m1/s1. The van der Waals surface area contributed by atoms with Crippen molar-refractivity contribution in [2.75, 3.05) is 0 Å². The summed E-state index contributed by atoms with van der Waals surface area (Å²) in [4.78, 5) is 26.8. The number of H-pyrrole nitrogens is 1. The van der Waals surface area contributed by atoms with Crippen LogP contribution in [0.5, 0.6) is 0 Å². The lowest BCUT2D eigenvalue weighted by Crippen LogP contribution is -2.45. The summed E-state index contributed by atoms with van der Waals surface area (Å²) < 4.78 is 1.61. The summed E-state index contributed by atoms with van der Waals surface area (Å²) in [5, 5.41) is 6.86. The molecule has 2 aromatic rings. The molecule has 0 aliphatic heterocycles. The summed E-state index contributed by atoms with van der Waals surface area (Å²) in [6.45, 7) is 10.4. The zero-order valence-corrected chi connectivity index (χ0v) is 16.9. The van der Waals surface area contributed by atoms with Gasteiger partial charge in [0.2, 0.25) is 5.91 Å². The van der Waals surface area contributed by atoms with Crippen LogP contribution in [0.25, 0.3) is 0 Å². The number of aryl methyl sites for hydroxylation is 1. The largest absolute Gasteiger partial charge is 0.343 e. The molecule has 1 heterocycles. The fourth-order valence-electron chi connectivity index (χ4n) is 3.00. The molecule has 6 nitrogen and oxygen atoms in total. The van der Waals surface area contributed by atoms with Crippen molar-refractivity contribution in [1.29, 1.82) is 0 Å². The summed E-state index contributed by atoms with van der Waals surface area (Å²) in [5.74, 6) is 0.0602. The molecule has 0 unspecified atom stereocenters. The van der Waals surface area contributed by atoms with E-state index in [0.717, 1.165) is 12.0 Å². The van der Waals surface area contributed by atoms with Gasteiger partial charge in [0.25, 0.3) is 0 Å². The van der Waals surface area contributed by atoms with Gasteiger partial charge in [-0.05, 0) is 46.6 Å². The van der Waals surface area contributed by atoms with Crippen molar-refractivity contribution in [3.63, 3.8) is 0 Å². The molecular weight excluding hydrogens is 348 g/mol. The van der Waals surface area contributed by atoms with Crippen LogP contribution in [0.1, 0.15) is 40.2 Å². The minimum Gasteiger partial charge on any atom is -0.337 e. The van der Waals surface area contributed by atoms with Gasteiger partial charge in [-0.1, -0.05) is 42.1 Å². The number of hydrogen-bond acceptors (Lipinski definition) is 4. The number of amides is 1. The molecule has 1 N–H and O–H groups in total. The molecule has 0 saturated carbocycles. The second-order valence-electron chi connectivity index (χ2n) is 6.89. The minimum atomic E-state index is -0.314. The molecule has 26 heavy (non-hydrogen) atoms. The van der Waals surface area contributed by atoms with Gasteiger partial charge < -0.3 is 4.90 Å². The van der Waals surface area contributed by atoms with Crippen molar-refractivity contribution >= 4 is 17.7 Å². The maximum Gasteiger partial charge on any atom is 0.343 e. The third kappa shape index (κ3) is 5.00. The van der Waals surface area contributed by atoms with Gasteiger partial charge in [0.15, 0.2) is 5.16 Å². The molecule has 0 aliphatic carbocycles. The Labute approximate surface area is 159 Å². The molecule has 1 amide bonds. The third-order valence-electron chi connectivity index (χ3n) is 4.19. The number of rotatable bonds is 8. The van der Waals surface area contributed by atoms with Gasteiger partial charge >= 0.3 is 5.69 Å². The molecular formula is C19H28N4O2S. The first-order chi connectivity index (χ1) is 12.3. The van der Waals surface area contributed by atoms with Gasteiger partial charge in [-0.2, -0.15) is 0 Å². The molecule has 1 aromatic carbocycles. The van der Waals surface area contributed by atoms with E-state index < -0.39 is 0 Å². The van der Waals surface area contributed by atoms with Gasteiger partial charge in [-0.15, -0.1) is 5.10 Å². The van der Waals surface area contributed by atoms with Crippen LogP contribution in [0, 0.1) is 0 Å². The molecule has 7 heteroatoms. The van der Waals surface area contributed by atoms with E-state index >= 15 is 0 Å². The third-order valence-corrected chi connectivity index (χ3v) is 5.26. The Balaban J connectivity index is 2.10. The fraction of sp³-hybridized carbons (Fsp3) is 0.526.